The smallest absolute Gasteiger partial charge is 0.240 e. The van der Waals surface area contributed by atoms with Crippen molar-refractivity contribution in [2.45, 2.75) is 17.7 Å². The summed E-state index contributed by atoms with van der Waals surface area (Å²) >= 11 is 3.30. The zero-order valence-corrected chi connectivity index (χ0v) is 13.8. The monoisotopic (exact) mass is 362 g/mol. The maximum Gasteiger partial charge on any atom is 0.240 e. The van der Waals surface area contributed by atoms with Crippen molar-refractivity contribution in [3.05, 3.63) is 22.7 Å². The number of hydrogen-bond donors (Lipinski definition) is 1. The summed E-state index contributed by atoms with van der Waals surface area (Å²) in [6.07, 6.45) is 2.41. The molecule has 1 aliphatic heterocycles. The Morgan fingerprint density at radius 3 is 2.65 bits per heavy atom. The number of likely N-dealkylation sites (tertiary alicyclic amines) is 1. The maximum absolute atomic E-state index is 12.2. The van der Waals surface area contributed by atoms with Crippen molar-refractivity contribution >= 4 is 26.0 Å². The van der Waals surface area contributed by atoms with Crippen molar-refractivity contribution in [2.75, 3.05) is 33.3 Å². The molecule has 112 valence electrons. The molecule has 2 rings (SSSR count). The highest BCUT2D eigenvalue weighted by Gasteiger charge is 2.17. The Balaban J connectivity index is 1.96. The third-order valence-electron chi connectivity index (χ3n) is 3.35. The fourth-order valence-electron chi connectivity index (χ4n) is 2.24. The predicted octanol–water partition coefficient (Wildman–Crippen LogP) is 1.83. The van der Waals surface area contributed by atoms with Gasteiger partial charge >= 0.3 is 0 Å². The van der Waals surface area contributed by atoms with E-state index in [1.165, 1.54) is 12.8 Å². The van der Waals surface area contributed by atoms with E-state index in [0.29, 0.717) is 16.8 Å². The van der Waals surface area contributed by atoms with Crippen LogP contribution >= 0.6 is 15.9 Å². The third-order valence-corrected chi connectivity index (χ3v) is 5.43. The number of nitrogens with zero attached hydrogens (tertiary/aromatic N) is 1. The van der Waals surface area contributed by atoms with Gasteiger partial charge in [0, 0.05) is 13.1 Å². The Morgan fingerprint density at radius 2 is 2.05 bits per heavy atom. The van der Waals surface area contributed by atoms with E-state index >= 15 is 0 Å². The van der Waals surface area contributed by atoms with Crippen molar-refractivity contribution < 1.29 is 13.2 Å². The summed E-state index contributed by atoms with van der Waals surface area (Å²) in [4.78, 5) is 2.51. The summed E-state index contributed by atoms with van der Waals surface area (Å²) in [6, 6.07) is 4.73. The second kappa shape index (κ2) is 6.89. The summed E-state index contributed by atoms with van der Waals surface area (Å²) in [5.41, 5.74) is 0. The average molecular weight is 363 g/mol. The summed E-state index contributed by atoms with van der Waals surface area (Å²) < 4.78 is 32.7. The fraction of sp³-hybridized carbons (Fsp3) is 0.538. The Kier molecular flexibility index (Phi) is 5.42. The number of methoxy groups -OCH3 is 1. The van der Waals surface area contributed by atoms with Gasteiger partial charge in [0.2, 0.25) is 10.0 Å². The summed E-state index contributed by atoms with van der Waals surface area (Å²) in [7, 11) is -1.92. The minimum Gasteiger partial charge on any atom is -0.496 e. The minimum absolute atomic E-state index is 0.242. The van der Waals surface area contributed by atoms with Gasteiger partial charge in [-0.05, 0) is 60.1 Å². The lowest BCUT2D eigenvalue weighted by Gasteiger charge is -2.15. The standard InChI is InChI=1S/C13H19BrN2O3S/c1-19-13-5-4-11(10-12(13)14)20(17,18)15-6-9-16-7-2-3-8-16/h4-5,10,15H,2-3,6-9H2,1H3. The van der Waals surface area contributed by atoms with Crippen LogP contribution in [0.15, 0.2) is 27.6 Å². The first-order chi connectivity index (χ1) is 9.53. The zero-order valence-electron chi connectivity index (χ0n) is 11.4. The van der Waals surface area contributed by atoms with Crippen molar-refractivity contribution in [1.82, 2.24) is 9.62 Å². The minimum atomic E-state index is -3.46. The second-order valence-corrected chi connectivity index (χ2v) is 7.36. The second-order valence-electron chi connectivity index (χ2n) is 4.74. The van der Waals surface area contributed by atoms with E-state index in [1.54, 1.807) is 25.3 Å². The van der Waals surface area contributed by atoms with E-state index in [4.69, 9.17) is 4.74 Å². The lowest BCUT2D eigenvalue weighted by atomic mass is 10.3. The molecule has 1 N–H and O–H groups in total. The van der Waals surface area contributed by atoms with Gasteiger partial charge in [-0.2, -0.15) is 0 Å². The molecule has 0 saturated carbocycles. The van der Waals surface area contributed by atoms with Crippen LogP contribution < -0.4 is 9.46 Å². The van der Waals surface area contributed by atoms with Crippen molar-refractivity contribution in [3.8, 4) is 5.75 Å². The molecular weight excluding hydrogens is 344 g/mol. The number of rotatable bonds is 6. The Morgan fingerprint density at radius 1 is 1.35 bits per heavy atom. The molecule has 1 aliphatic rings. The first-order valence-corrected chi connectivity index (χ1v) is 8.86. The topological polar surface area (TPSA) is 58.6 Å². The SMILES string of the molecule is COc1ccc(S(=O)(=O)NCCN2CCCC2)cc1Br. The average Bonchev–Trinajstić information content (AvgIpc) is 2.91. The lowest BCUT2D eigenvalue weighted by molar-refractivity contribution is 0.344. The number of nitrogens with one attached hydrogen (secondary N) is 1. The van der Waals surface area contributed by atoms with E-state index in [1.807, 2.05) is 0 Å². The van der Waals surface area contributed by atoms with Crippen LogP contribution in [0.25, 0.3) is 0 Å². The van der Waals surface area contributed by atoms with E-state index < -0.39 is 10.0 Å². The molecule has 0 atom stereocenters. The maximum atomic E-state index is 12.2. The van der Waals surface area contributed by atoms with Gasteiger partial charge in [0.05, 0.1) is 16.5 Å². The Bertz CT molecular complexity index is 557. The first kappa shape index (κ1) is 15.8. The number of ether oxygens (including phenoxy) is 1. The molecule has 20 heavy (non-hydrogen) atoms. The van der Waals surface area contributed by atoms with Crippen LogP contribution in [0.4, 0.5) is 0 Å². The fourth-order valence-corrected chi connectivity index (χ4v) is 3.98. The molecule has 0 spiro atoms. The molecular formula is C13H19BrN2O3S. The van der Waals surface area contributed by atoms with Crippen molar-refractivity contribution in [1.29, 1.82) is 0 Å². The molecule has 1 fully saturated rings. The van der Waals surface area contributed by atoms with Crippen LogP contribution in [-0.2, 0) is 10.0 Å². The van der Waals surface area contributed by atoms with E-state index in [2.05, 4.69) is 25.6 Å². The third kappa shape index (κ3) is 3.94. The van der Waals surface area contributed by atoms with E-state index in [-0.39, 0.29) is 4.90 Å². The number of benzene rings is 1. The zero-order chi connectivity index (χ0) is 14.6. The summed E-state index contributed by atoms with van der Waals surface area (Å²) in [5.74, 6) is 0.612. The Hall–Kier alpha value is -0.630. The molecule has 1 heterocycles. The molecule has 0 bridgehead atoms. The number of sulfonamides is 1. The van der Waals surface area contributed by atoms with Crippen molar-refractivity contribution in [3.63, 3.8) is 0 Å². The molecule has 7 heteroatoms. The van der Waals surface area contributed by atoms with Gasteiger partial charge in [-0.3, -0.25) is 0 Å². The van der Waals surface area contributed by atoms with Crippen LogP contribution in [0.1, 0.15) is 12.8 Å². The normalized spacial score (nSPS) is 16.5. The molecule has 1 aromatic rings. The van der Waals surface area contributed by atoms with Gasteiger partial charge in [-0.15, -0.1) is 0 Å². The number of halogens is 1. The Labute approximate surface area is 128 Å². The molecule has 1 saturated heterocycles. The quantitative estimate of drug-likeness (QED) is 0.838. The molecule has 0 radical (unpaired) electrons. The highest BCUT2D eigenvalue weighted by atomic mass is 79.9. The molecule has 0 aromatic heterocycles. The first-order valence-electron chi connectivity index (χ1n) is 6.58. The van der Waals surface area contributed by atoms with Gasteiger partial charge in [0.1, 0.15) is 5.75 Å². The van der Waals surface area contributed by atoms with Crippen molar-refractivity contribution in [2.24, 2.45) is 0 Å². The molecule has 0 unspecified atom stereocenters. The lowest BCUT2D eigenvalue weighted by Crippen LogP contribution is -2.33. The van der Waals surface area contributed by atoms with Crippen LogP contribution in [0.5, 0.6) is 5.75 Å². The summed E-state index contributed by atoms with van der Waals surface area (Å²) in [5, 5.41) is 0. The summed E-state index contributed by atoms with van der Waals surface area (Å²) in [6.45, 7) is 3.33. The van der Waals surface area contributed by atoms with Crippen LogP contribution in [0.2, 0.25) is 0 Å². The number of hydrogen-bond acceptors (Lipinski definition) is 4. The van der Waals surface area contributed by atoms with Gasteiger partial charge in [-0.25, -0.2) is 13.1 Å². The van der Waals surface area contributed by atoms with Gasteiger partial charge in [0.15, 0.2) is 0 Å². The molecule has 1 aromatic carbocycles. The largest absolute Gasteiger partial charge is 0.496 e. The molecule has 5 nitrogen and oxygen atoms in total. The van der Waals surface area contributed by atoms with Gasteiger partial charge in [0.25, 0.3) is 0 Å². The van der Waals surface area contributed by atoms with E-state index in [9.17, 15) is 8.42 Å². The molecule has 0 amide bonds. The van der Waals surface area contributed by atoms with Crippen LogP contribution in [0.3, 0.4) is 0 Å². The van der Waals surface area contributed by atoms with E-state index in [0.717, 1.165) is 19.6 Å². The molecule has 0 aliphatic carbocycles. The predicted molar refractivity (Wildman–Crippen MR) is 81.6 cm³/mol. The van der Waals surface area contributed by atoms with Crippen LogP contribution in [0, 0.1) is 0 Å². The highest BCUT2D eigenvalue weighted by Crippen LogP contribution is 2.27. The van der Waals surface area contributed by atoms with Gasteiger partial charge < -0.3 is 9.64 Å². The highest BCUT2D eigenvalue weighted by molar-refractivity contribution is 9.10. The van der Waals surface area contributed by atoms with Crippen LogP contribution in [-0.4, -0.2) is 46.6 Å². The van der Waals surface area contributed by atoms with Gasteiger partial charge in [-0.1, -0.05) is 0 Å².